The van der Waals surface area contributed by atoms with Crippen LogP contribution in [0.15, 0.2) is 36.4 Å². The summed E-state index contributed by atoms with van der Waals surface area (Å²) in [5.74, 6) is 0.550. The van der Waals surface area contributed by atoms with Crippen molar-refractivity contribution < 1.29 is 9.59 Å². The number of hydrogen-bond acceptors (Lipinski definition) is 2. The molecule has 1 aromatic carbocycles. The Morgan fingerprint density at radius 1 is 1.00 bits per heavy atom. The molecule has 0 radical (unpaired) electrons. The molecule has 0 aliphatic heterocycles. The topological polar surface area (TPSA) is 58.2 Å². The Hall–Kier alpha value is -2.10. The highest BCUT2D eigenvalue weighted by Crippen LogP contribution is 2.30. The third-order valence-corrected chi connectivity index (χ3v) is 4.62. The lowest BCUT2D eigenvalue weighted by molar-refractivity contribution is -0.125. The number of anilines is 1. The van der Waals surface area contributed by atoms with E-state index in [4.69, 9.17) is 0 Å². The molecule has 0 spiro atoms. The number of carbonyl (C=O) groups excluding carboxylic acids is 2. The zero-order valence-electron chi connectivity index (χ0n) is 13.5. The van der Waals surface area contributed by atoms with E-state index in [0.29, 0.717) is 0 Å². The quantitative estimate of drug-likeness (QED) is 0.817. The average molecular weight is 312 g/mol. The number of hydrogen-bond donors (Lipinski definition) is 2. The van der Waals surface area contributed by atoms with Gasteiger partial charge in [-0.15, -0.1) is 0 Å². The Morgan fingerprint density at radius 2 is 1.74 bits per heavy atom. The van der Waals surface area contributed by atoms with Crippen LogP contribution in [0.2, 0.25) is 0 Å². The summed E-state index contributed by atoms with van der Waals surface area (Å²) in [5.41, 5.74) is 1.87. The molecule has 122 valence electrons. The molecule has 1 saturated carbocycles. The Balaban J connectivity index is 1.54. The van der Waals surface area contributed by atoms with Crippen LogP contribution in [0, 0.1) is 11.8 Å². The second-order valence-electron chi connectivity index (χ2n) is 6.60. The largest absolute Gasteiger partial charge is 0.349 e. The van der Waals surface area contributed by atoms with E-state index in [1.165, 1.54) is 0 Å². The van der Waals surface area contributed by atoms with Gasteiger partial charge in [-0.2, -0.15) is 0 Å². The first-order valence-corrected chi connectivity index (χ1v) is 8.49. The lowest BCUT2D eigenvalue weighted by Crippen LogP contribution is -2.33. The van der Waals surface area contributed by atoms with Gasteiger partial charge in [0.05, 0.1) is 6.04 Å². The summed E-state index contributed by atoms with van der Waals surface area (Å²) in [4.78, 5) is 24.0. The molecule has 2 N–H and O–H groups in total. The van der Waals surface area contributed by atoms with Crippen LogP contribution in [0.3, 0.4) is 0 Å². The lowest BCUT2D eigenvalue weighted by Gasteiger charge is -2.21. The lowest BCUT2D eigenvalue weighted by atomic mass is 9.93. The molecule has 4 heteroatoms. The summed E-state index contributed by atoms with van der Waals surface area (Å²) in [6.45, 7) is 1.99. The van der Waals surface area contributed by atoms with Crippen LogP contribution in [0.25, 0.3) is 0 Å². The summed E-state index contributed by atoms with van der Waals surface area (Å²) in [6.07, 6.45) is 9.00. The van der Waals surface area contributed by atoms with Gasteiger partial charge in [0.25, 0.3) is 0 Å². The van der Waals surface area contributed by atoms with Gasteiger partial charge in [0.1, 0.15) is 0 Å². The fraction of sp³-hybridized carbons (Fsp3) is 0.474. The van der Waals surface area contributed by atoms with Crippen molar-refractivity contribution in [2.24, 2.45) is 11.8 Å². The van der Waals surface area contributed by atoms with Crippen LogP contribution in [-0.4, -0.2) is 11.8 Å². The van der Waals surface area contributed by atoms with Gasteiger partial charge in [0.2, 0.25) is 11.8 Å². The summed E-state index contributed by atoms with van der Waals surface area (Å²) < 4.78 is 0. The zero-order valence-corrected chi connectivity index (χ0v) is 13.5. The van der Waals surface area contributed by atoms with Gasteiger partial charge in [-0.05, 0) is 56.7 Å². The van der Waals surface area contributed by atoms with Gasteiger partial charge >= 0.3 is 0 Å². The molecule has 4 nitrogen and oxygen atoms in total. The molecule has 23 heavy (non-hydrogen) atoms. The van der Waals surface area contributed by atoms with Crippen LogP contribution in [0.1, 0.15) is 50.6 Å². The first-order chi connectivity index (χ1) is 11.1. The third-order valence-electron chi connectivity index (χ3n) is 4.62. The second kappa shape index (κ2) is 6.99. The molecule has 2 unspecified atom stereocenters. The Labute approximate surface area is 137 Å². The Bertz CT molecular complexity index is 602. The molecule has 1 aromatic rings. The molecule has 0 aromatic heterocycles. The third kappa shape index (κ3) is 4.21. The number of rotatable bonds is 5. The minimum atomic E-state index is -0.0263. The molecule has 0 heterocycles. The van der Waals surface area contributed by atoms with E-state index < -0.39 is 0 Å². The van der Waals surface area contributed by atoms with Crippen molar-refractivity contribution >= 4 is 17.5 Å². The van der Waals surface area contributed by atoms with Gasteiger partial charge in [-0.25, -0.2) is 0 Å². The van der Waals surface area contributed by atoms with Crippen LogP contribution in [-0.2, 0) is 9.59 Å². The molecule has 0 saturated heterocycles. The molecular formula is C19H24N2O2. The maximum absolute atomic E-state index is 12.3. The van der Waals surface area contributed by atoms with Gasteiger partial charge < -0.3 is 10.6 Å². The van der Waals surface area contributed by atoms with E-state index >= 15 is 0 Å². The first kappa shape index (κ1) is 15.8. The van der Waals surface area contributed by atoms with E-state index in [0.717, 1.165) is 43.4 Å². The number of benzene rings is 1. The predicted octanol–water partition coefficient (Wildman–Crippen LogP) is 3.57. The van der Waals surface area contributed by atoms with Gasteiger partial charge in [0, 0.05) is 17.5 Å². The number of allylic oxidation sites excluding steroid dienone is 2. The maximum atomic E-state index is 12.3. The summed E-state index contributed by atoms with van der Waals surface area (Å²) >= 11 is 0. The molecule has 2 aliphatic carbocycles. The second-order valence-corrected chi connectivity index (χ2v) is 6.60. The van der Waals surface area contributed by atoms with Crippen molar-refractivity contribution in [2.75, 3.05) is 5.32 Å². The van der Waals surface area contributed by atoms with Crippen molar-refractivity contribution in [3.63, 3.8) is 0 Å². The fourth-order valence-electron chi connectivity index (χ4n) is 2.89. The normalized spacial score (nSPS) is 21.5. The Morgan fingerprint density at radius 3 is 2.35 bits per heavy atom. The van der Waals surface area contributed by atoms with E-state index in [-0.39, 0.29) is 29.7 Å². The SMILES string of the molecule is CC(NC(=O)C1CC=CCC1)c1ccc(NC(=O)C2CC2)cc1. The van der Waals surface area contributed by atoms with Crippen molar-refractivity contribution in [3.8, 4) is 0 Å². The first-order valence-electron chi connectivity index (χ1n) is 8.49. The van der Waals surface area contributed by atoms with Crippen molar-refractivity contribution in [1.82, 2.24) is 5.32 Å². The van der Waals surface area contributed by atoms with Gasteiger partial charge in [-0.3, -0.25) is 9.59 Å². The van der Waals surface area contributed by atoms with E-state index in [1.54, 1.807) is 0 Å². The van der Waals surface area contributed by atoms with E-state index in [1.807, 2.05) is 31.2 Å². The molecule has 2 aliphatic rings. The van der Waals surface area contributed by atoms with Gasteiger partial charge in [-0.1, -0.05) is 24.3 Å². The van der Waals surface area contributed by atoms with Crippen molar-refractivity contribution in [1.29, 1.82) is 0 Å². The highest BCUT2D eigenvalue weighted by atomic mass is 16.2. The average Bonchev–Trinajstić information content (AvgIpc) is 3.41. The highest BCUT2D eigenvalue weighted by Gasteiger charge is 2.29. The Kier molecular flexibility index (Phi) is 4.79. The standard InChI is InChI=1S/C19H24N2O2/c1-13(20-18(22)15-5-3-2-4-6-15)14-9-11-17(12-10-14)21-19(23)16-7-8-16/h2-3,9-13,15-16H,4-8H2,1H3,(H,20,22)(H,21,23). The molecule has 0 bridgehead atoms. The number of amides is 2. The molecule has 2 atom stereocenters. The molecule has 3 rings (SSSR count). The minimum Gasteiger partial charge on any atom is -0.349 e. The molecular weight excluding hydrogens is 288 g/mol. The zero-order chi connectivity index (χ0) is 16.2. The van der Waals surface area contributed by atoms with Crippen LogP contribution < -0.4 is 10.6 Å². The number of carbonyl (C=O) groups is 2. The van der Waals surface area contributed by atoms with Crippen LogP contribution in [0.5, 0.6) is 0 Å². The maximum Gasteiger partial charge on any atom is 0.227 e. The smallest absolute Gasteiger partial charge is 0.227 e. The monoisotopic (exact) mass is 312 g/mol. The molecule has 2 amide bonds. The van der Waals surface area contributed by atoms with E-state index in [2.05, 4.69) is 22.8 Å². The van der Waals surface area contributed by atoms with Crippen molar-refractivity contribution in [3.05, 3.63) is 42.0 Å². The summed E-state index contributed by atoms with van der Waals surface area (Å²) in [5, 5.41) is 6.02. The minimum absolute atomic E-state index is 0.0263. The summed E-state index contributed by atoms with van der Waals surface area (Å²) in [7, 11) is 0. The molecule has 1 fully saturated rings. The van der Waals surface area contributed by atoms with E-state index in [9.17, 15) is 9.59 Å². The summed E-state index contributed by atoms with van der Waals surface area (Å²) in [6, 6.07) is 7.72. The number of nitrogens with one attached hydrogen (secondary N) is 2. The van der Waals surface area contributed by atoms with Crippen molar-refractivity contribution in [2.45, 2.75) is 45.1 Å². The highest BCUT2D eigenvalue weighted by molar-refractivity contribution is 5.94. The predicted molar refractivity (Wildman–Crippen MR) is 90.8 cm³/mol. The van der Waals surface area contributed by atoms with Crippen LogP contribution >= 0.6 is 0 Å². The van der Waals surface area contributed by atoms with Crippen LogP contribution in [0.4, 0.5) is 5.69 Å². The van der Waals surface area contributed by atoms with Gasteiger partial charge in [0.15, 0.2) is 0 Å². The fourth-order valence-corrected chi connectivity index (χ4v) is 2.89.